The number of carbonyl (C=O) groups is 2. The standard InChI is InChI=1S/C10H16O3/c1-2-13-9(12)10(8-11)6-4-3-5-7-10/h8H,2-7H2,1H3. The van der Waals surface area contributed by atoms with E-state index in [4.69, 9.17) is 4.74 Å². The molecular formula is C10H16O3. The summed E-state index contributed by atoms with van der Waals surface area (Å²) in [5.41, 5.74) is -0.811. The molecule has 0 atom stereocenters. The highest BCUT2D eigenvalue weighted by molar-refractivity contribution is 5.93. The van der Waals surface area contributed by atoms with Gasteiger partial charge in [-0.1, -0.05) is 19.3 Å². The summed E-state index contributed by atoms with van der Waals surface area (Å²) < 4.78 is 4.91. The van der Waals surface area contributed by atoms with Gasteiger partial charge >= 0.3 is 5.97 Å². The molecule has 0 spiro atoms. The molecule has 1 aliphatic rings. The van der Waals surface area contributed by atoms with Crippen LogP contribution in [0.2, 0.25) is 0 Å². The largest absolute Gasteiger partial charge is 0.465 e. The zero-order chi connectivity index (χ0) is 9.73. The van der Waals surface area contributed by atoms with Crippen LogP contribution < -0.4 is 0 Å². The second-order valence-electron chi connectivity index (χ2n) is 3.56. The number of aldehydes is 1. The molecule has 0 radical (unpaired) electrons. The van der Waals surface area contributed by atoms with E-state index >= 15 is 0 Å². The van der Waals surface area contributed by atoms with Crippen molar-refractivity contribution in [3.05, 3.63) is 0 Å². The van der Waals surface area contributed by atoms with Gasteiger partial charge in [-0.3, -0.25) is 4.79 Å². The molecule has 0 amide bonds. The van der Waals surface area contributed by atoms with E-state index in [-0.39, 0.29) is 5.97 Å². The molecule has 74 valence electrons. The van der Waals surface area contributed by atoms with E-state index in [1.54, 1.807) is 6.92 Å². The zero-order valence-electron chi connectivity index (χ0n) is 8.04. The summed E-state index contributed by atoms with van der Waals surface area (Å²) in [5, 5.41) is 0. The third kappa shape index (κ3) is 2.08. The monoisotopic (exact) mass is 184 g/mol. The van der Waals surface area contributed by atoms with Gasteiger partial charge in [0, 0.05) is 0 Å². The fourth-order valence-electron chi connectivity index (χ4n) is 1.83. The van der Waals surface area contributed by atoms with Gasteiger partial charge in [0.15, 0.2) is 0 Å². The van der Waals surface area contributed by atoms with E-state index in [9.17, 15) is 9.59 Å². The van der Waals surface area contributed by atoms with Gasteiger partial charge in [0.1, 0.15) is 11.7 Å². The van der Waals surface area contributed by atoms with Gasteiger partial charge in [-0.25, -0.2) is 0 Å². The Balaban J connectivity index is 2.66. The molecule has 0 unspecified atom stereocenters. The SMILES string of the molecule is CCOC(=O)C1(C=O)CCCCC1. The lowest BCUT2D eigenvalue weighted by atomic mass is 9.75. The quantitative estimate of drug-likeness (QED) is 0.381. The zero-order valence-corrected chi connectivity index (χ0v) is 8.04. The number of carbonyl (C=O) groups excluding carboxylic acids is 2. The van der Waals surface area contributed by atoms with Crippen molar-refractivity contribution in [2.24, 2.45) is 5.41 Å². The summed E-state index contributed by atoms with van der Waals surface area (Å²) in [6.07, 6.45) is 5.14. The molecule has 0 aromatic rings. The second-order valence-corrected chi connectivity index (χ2v) is 3.56. The lowest BCUT2D eigenvalue weighted by Gasteiger charge is -2.29. The maximum Gasteiger partial charge on any atom is 0.319 e. The Morgan fingerprint density at radius 1 is 1.38 bits per heavy atom. The van der Waals surface area contributed by atoms with Crippen molar-refractivity contribution in [2.75, 3.05) is 6.61 Å². The molecule has 1 rings (SSSR count). The van der Waals surface area contributed by atoms with Crippen molar-refractivity contribution in [1.29, 1.82) is 0 Å². The lowest BCUT2D eigenvalue weighted by molar-refractivity contribution is -0.159. The van der Waals surface area contributed by atoms with Gasteiger partial charge in [-0.05, 0) is 19.8 Å². The van der Waals surface area contributed by atoms with Gasteiger partial charge in [0.2, 0.25) is 0 Å². The summed E-state index contributed by atoms with van der Waals surface area (Å²) in [5.74, 6) is -0.329. The molecule has 0 aromatic heterocycles. The van der Waals surface area contributed by atoms with Crippen molar-refractivity contribution >= 4 is 12.3 Å². The highest BCUT2D eigenvalue weighted by atomic mass is 16.5. The summed E-state index contributed by atoms with van der Waals surface area (Å²) in [6.45, 7) is 2.12. The van der Waals surface area contributed by atoms with Crippen LogP contribution in [-0.4, -0.2) is 18.9 Å². The normalized spacial score (nSPS) is 20.7. The lowest BCUT2D eigenvalue weighted by Crippen LogP contribution is -2.36. The first-order valence-electron chi connectivity index (χ1n) is 4.89. The molecular weight excluding hydrogens is 168 g/mol. The molecule has 0 aliphatic heterocycles. The fraction of sp³-hybridized carbons (Fsp3) is 0.800. The Morgan fingerprint density at radius 3 is 2.46 bits per heavy atom. The molecule has 0 aromatic carbocycles. The molecule has 0 heterocycles. The molecule has 1 aliphatic carbocycles. The minimum Gasteiger partial charge on any atom is -0.465 e. The highest BCUT2D eigenvalue weighted by Gasteiger charge is 2.40. The van der Waals surface area contributed by atoms with Crippen molar-refractivity contribution in [3.8, 4) is 0 Å². The highest BCUT2D eigenvalue weighted by Crippen LogP contribution is 2.35. The van der Waals surface area contributed by atoms with Gasteiger partial charge in [0.25, 0.3) is 0 Å². The van der Waals surface area contributed by atoms with Crippen LogP contribution in [0, 0.1) is 5.41 Å². The number of ether oxygens (including phenoxy) is 1. The second kappa shape index (κ2) is 4.40. The van der Waals surface area contributed by atoms with E-state index < -0.39 is 5.41 Å². The van der Waals surface area contributed by atoms with Crippen LogP contribution in [0.15, 0.2) is 0 Å². The summed E-state index contributed by atoms with van der Waals surface area (Å²) in [7, 11) is 0. The van der Waals surface area contributed by atoms with Gasteiger partial charge in [-0.15, -0.1) is 0 Å². The maximum atomic E-state index is 11.5. The van der Waals surface area contributed by atoms with Crippen LogP contribution in [0.1, 0.15) is 39.0 Å². The Morgan fingerprint density at radius 2 is 2.00 bits per heavy atom. The molecule has 3 nitrogen and oxygen atoms in total. The average Bonchev–Trinajstić information content (AvgIpc) is 2.19. The summed E-state index contributed by atoms with van der Waals surface area (Å²) in [6, 6.07) is 0. The minimum absolute atomic E-state index is 0.329. The third-order valence-electron chi connectivity index (χ3n) is 2.65. The van der Waals surface area contributed by atoms with Crippen LogP contribution in [0.3, 0.4) is 0 Å². The van der Waals surface area contributed by atoms with Gasteiger partial charge in [-0.2, -0.15) is 0 Å². The molecule has 1 saturated carbocycles. The fourth-order valence-corrected chi connectivity index (χ4v) is 1.83. The van der Waals surface area contributed by atoms with Crippen molar-refractivity contribution in [1.82, 2.24) is 0 Å². The smallest absolute Gasteiger partial charge is 0.319 e. The first kappa shape index (κ1) is 10.2. The molecule has 1 fully saturated rings. The molecule has 3 heteroatoms. The topological polar surface area (TPSA) is 43.4 Å². The Labute approximate surface area is 78.5 Å². The number of esters is 1. The van der Waals surface area contributed by atoms with E-state index in [1.807, 2.05) is 0 Å². The van der Waals surface area contributed by atoms with Crippen molar-refractivity contribution < 1.29 is 14.3 Å². The summed E-state index contributed by atoms with van der Waals surface area (Å²) >= 11 is 0. The van der Waals surface area contributed by atoms with Gasteiger partial charge in [0.05, 0.1) is 6.61 Å². The Hall–Kier alpha value is -0.860. The number of hydrogen-bond donors (Lipinski definition) is 0. The molecule has 0 bridgehead atoms. The predicted molar refractivity (Wildman–Crippen MR) is 48.2 cm³/mol. The number of hydrogen-bond acceptors (Lipinski definition) is 3. The number of rotatable bonds is 3. The van der Waals surface area contributed by atoms with Crippen LogP contribution in [0.25, 0.3) is 0 Å². The van der Waals surface area contributed by atoms with Gasteiger partial charge < -0.3 is 9.53 Å². The minimum atomic E-state index is -0.811. The predicted octanol–water partition coefficient (Wildman–Crippen LogP) is 1.70. The third-order valence-corrected chi connectivity index (χ3v) is 2.65. The van der Waals surface area contributed by atoms with E-state index in [2.05, 4.69) is 0 Å². The van der Waals surface area contributed by atoms with E-state index in [1.165, 1.54) is 0 Å². The van der Waals surface area contributed by atoms with Crippen molar-refractivity contribution in [2.45, 2.75) is 39.0 Å². The first-order chi connectivity index (χ1) is 6.25. The average molecular weight is 184 g/mol. The van der Waals surface area contributed by atoms with Crippen LogP contribution in [0.5, 0.6) is 0 Å². The van der Waals surface area contributed by atoms with E-state index in [0.29, 0.717) is 19.4 Å². The Bertz CT molecular complexity index is 192. The maximum absolute atomic E-state index is 11.5. The molecule has 0 saturated heterocycles. The Kier molecular flexibility index (Phi) is 3.46. The van der Waals surface area contributed by atoms with E-state index in [0.717, 1.165) is 25.5 Å². The van der Waals surface area contributed by atoms with Crippen molar-refractivity contribution in [3.63, 3.8) is 0 Å². The van der Waals surface area contributed by atoms with Crippen LogP contribution >= 0.6 is 0 Å². The summed E-state index contributed by atoms with van der Waals surface area (Å²) in [4.78, 5) is 22.4. The molecule has 0 N–H and O–H groups in total. The first-order valence-corrected chi connectivity index (χ1v) is 4.89. The van der Waals surface area contributed by atoms with Crippen LogP contribution in [-0.2, 0) is 14.3 Å². The molecule has 13 heavy (non-hydrogen) atoms. The van der Waals surface area contributed by atoms with Crippen LogP contribution in [0.4, 0.5) is 0 Å².